The second-order valence-corrected chi connectivity index (χ2v) is 6.43. The normalized spacial score (nSPS) is 12.9. The number of rotatable bonds is 4. The number of aryl methyl sites for hydroxylation is 4. The van der Waals surface area contributed by atoms with Gasteiger partial charge in [-0.15, -0.1) is 0 Å². The minimum Gasteiger partial charge on any atom is -0.358 e. The molecule has 2 aromatic carbocycles. The molecular weight excluding hydrogens is 386 g/mol. The Hall–Kier alpha value is -2.29. The van der Waals surface area contributed by atoms with Crippen LogP contribution in [0.3, 0.4) is 0 Å². The minimum absolute atomic E-state index is 0. The predicted molar refractivity (Wildman–Crippen MR) is 121 cm³/mol. The molecule has 0 fully saturated rings. The van der Waals surface area contributed by atoms with Crippen molar-refractivity contribution in [1.82, 2.24) is 0 Å². The first-order chi connectivity index (χ1) is 12.0. The summed E-state index contributed by atoms with van der Waals surface area (Å²) in [7, 11) is 0. The van der Waals surface area contributed by atoms with Crippen LogP contribution < -0.4 is 0 Å². The van der Waals surface area contributed by atoms with Crippen LogP contribution in [0.25, 0.3) is 0 Å². The van der Waals surface area contributed by atoms with Crippen LogP contribution in [0.1, 0.15) is 28.7 Å². The fourth-order valence-electron chi connectivity index (χ4n) is 2.92. The number of allylic oxidation sites excluding steroid dienone is 2. The molecule has 0 atom stereocenters. The summed E-state index contributed by atoms with van der Waals surface area (Å²) in [4.78, 5) is 13.9. The van der Waals surface area contributed by atoms with Crippen LogP contribution in [-0.4, -0.2) is 18.1 Å². The van der Waals surface area contributed by atoms with Crippen molar-refractivity contribution in [3.8, 4) is 0 Å². The van der Waals surface area contributed by atoms with Gasteiger partial charge < -0.3 is 14.9 Å². The Balaban J connectivity index is 0.00000243. The Morgan fingerprint density at radius 3 is 1.64 bits per heavy atom. The van der Waals surface area contributed by atoms with E-state index in [0.29, 0.717) is 0 Å². The van der Waals surface area contributed by atoms with E-state index < -0.39 is 0 Å². The van der Waals surface area contributed by atoms with E-state index in [4.69, 9.17) is 0 Å². The number of aliphatic imine (C=N–C) groups is 3. The molecule has 0 saturated carbocycles. The van der Waals surface area contributed by atoms with E-state index in [0.717, 1.165) is 29.2 Å². The van der Waals surface area contributed by atoms with E-state index in [2.05, 4.69) is 85.1 Å². The van der Waals surface area contributed by atoms with Gasteiger partial charge in [0.25, 0.3) is 0 Å². The molecule has 1 aliphatic rings. The van der Waals surface area contributed by atoms with Crippen LogP contribution in [0.4, 0.5) is 11.4 Å². The molecule has 0 aliphatic carbocycles. The van der Waals surface area contributed by atoms with E-state index in [-0.39, 0.29) is 31.9 Å². The Morgan fingerprint density at radius 1 is 0.750 bits per heavy atom. The van der Waals surface area contributed by atoms with Crippen molar-refractivity contribution in [1.29, 1.82) is 0 Å². The third kappa shape index (κ3) is 6.12. The molecule has 0 unspecified atom stereocenters. The Labute approximate surface area is 180 Å². The first kappa shape index (κ1) is 25.7. The Bertz CT molecular complexity index is 881. The molecule has 0 amide bonds. The minimum atomic E-state index is 0. The van der Waals surface area contributed by atoms with Gasteiger partial charge in [0, 0.05) is 12.6 Å². The molecule has 2 aromatic rings. The van der Waals surface area contributed by atoms with Crippen LogP contribution >= 0.6 is 0 Å². The maximum Gasteiger partial charge on any atom is 2.00 e. The quantitative estimate of drug-likeness (QED) is 0.305. The molecule has 0 spiro atoms. The van der Waals surface area contributed by atoms with Crippen LogP contribution in [0.5, 0.6) is 0 Å². The van der Waals surface area contributed by atoms with Crippen LogP contribution in [0.2, 0.25) is 0 Å². The van der Waals surface area contributed by atoms with E-state index in [1.54, 1.807) is 0 Å². The zero-order valence-corrected chi connectivity index (χ0v) is 18.7. The van der Waals surface area contributed by atoms with Gasteiger partial charge in [0.1, 0.15) is 0 Å². The molecule has 4 heteroatoms. The number of benzene rings is 2. The zero-order valence-electron chi connectivity index (χ0n) is 17.6. The summed E-state index contributed by atoms with van der Waals surface area (Å²) in [5.41, 5.74) is 8.63. The zero-order chi connectivity index (χ0) is 17.8. The number of nitrogens with zero attached hydrogens (tertiary/aromatic N) is 3. The van der Waals surface area contributed by atoms with Crippen molar-refractivity contribution >= 4 is 29.5 Å². The van der Waals surface area contributed by atoms with Crippen molar-refractivity contribution < 1.29 is 17.1 Å². The number of hydrogen-bond donors (Lipinski definition) is 0. The molecule has 1 heterocycles. The molecule has 1 aliphatic heterocycles. The molecule has 148 valence electrons. The average molecular weight is 415 g/mol. The van der Waals surface area contributed by atoms with E-state index in [1.807, 2.05) is 12.4 Å². The summed E-state index contributed by atoms with van der Waals surface area (Å²) in [5, 5.41) is 0. The number of hydrogen-bond acceptors (Lipinski definition) is 3. The SMILES string of the molecule is Cc1cccc(C)c1N=CC1=CCC(C=Nc2c(C)cccc2C)=N1.[CH3-].[CH3-].[Fe+2]. The van der Waals surface area contributed by atoms with Crippen LogP contribution in [-0.2, 0) is 17.1 Å². The molecule has 0 radical (unpaired) electrons. The van der Waals surface area contributed by atoms with Gasteiger partial charge in [0.15, 0.2) is 0 Å². The van der Waals surface area contributed by atoms with Crippen molar-refractivity contribution in [2.75, 3.05) is 0 Å². The van der Waals surface area contributed by atoms with Crippen molar-refractivity contribution in [2.24, 2.45) is 15.0 Å². The van der Waals surface area contributed by atoms with Gasteiger partial charge in [-0.2, -0.15) is 0 Å². The first-order valence-corrected chi connectivity index (χ1v) is 8.53. The first-order valence-electron chi connectivity index (χ1n) is 8.53. The summed E-state index contributed by atoms with van der Waals surface area (Å²) in [5.74, 6) is 0. The summed E-state index contributed by atoms with van der Waals surface area (Å²) in [6.07, 6.45) is 6.59. The molecule has 3 rings (SSSR count). The molecule has 28 heavy (non-hydrogen) atoms. The maximum atomic E-state index is 4.63. The van der Waals surface area contributed by atoms with Gasteiger partial charge in [-0.05, 0) is 49.9 Å². The summed E-state index contributed by atoms with van der Waals surface area (Å²) in [6.45, 7) is 8.32. The predicted octanol–water partition coefficient (Wildman–Crippen LogP) is 6.65. The Morgan fingerprint density at radius 2 is 1.18 bits per heavy atom. The van der Waals surface area contributed by atoms with Crippen molar-refractivity contribution in [3.63, 3.8) is 0 Å². The third-order valence-electron chi connectivity index (χ3n) is 4.34. The third-order valence-corrected chi connectivity index (χ3v) is 4.34. The summed E-state index contributed by atoms with van der Waals surface area (Å²) in [6, 6.07) is 12.4. The van der Waals surface area contributed by atoms with E-state index in [1.165, 1.54) is 22.3 Å². The van der Waals surface area contributed by atoms with Crippen LogP contribution in [0.15, 0.2) is 63.1 Å². The molecule has 0 saturated heterocycles. The summed E-state index contributed by atoms with van der Waals surface area (Å²) < 4.78 is 0. The van der Waals surface area contributed by atoms with Gasteiger partial charge >= 0.3 is 17.1 Å². The largest absolute Gasteiger partial charge is 2.00 e. The fraction of sp³-hybridized carbons (Fsp3) is 0.208. The molecular formula is C24H29FeN3. The van der Waals surface area contributed by atoms with Gasteiger partial charge in [-0.25, -0.2) is 0 Å². The smallest absolute Gasteiger partial charge is 0.358 e. The van der Waals surface area contributed by atoms with Crippen molar-refractivity contribution in [3.05, 3.63) is 85.3 Å². The molecule has 3 nitrogen and oxygen atoms in total. The standard InChI is InChI=1S/C22H23N3.2CH3.Fe/c1-15-7-5-8-16(2)21(15)23-13-19-11-12-20(25-19)14-24-22-17(3)9-6-10-18(22)4;;;/h5-11,13-14H,12H2,1-4H3;2*1H3;/q;2*-1;+2. The molecule has 0 bridgehead atoms. The van der Waals surface area contributed by atoms with Gasteiger partial charge in [0.05, 0.1) is 29.0 Å². The van der Waals surface area contributed by atoms with Gasteiger partial charge in [-0.3, -0.25) is 15.0 Å². The van der Waals surface area contributed by atoms with Gasteiger partial charge in [0.2, 0.25) is 0 Å². The van der Waals surface area contributed by atoms with E-state index in [9.17, 15) is 0 Å². The van der Waals surface area contributed by atoms with Crippen LogP contribution in [0, 0.1) is 42.5 Å². The van der Waals surface area contributed by atoms with Crippen molar-refractivity contribution in [2.45, 2.75) is 34.1 Å². The monoisotopic (exact) mass is 415 g/mol. The maximum absolute atomic E-state index is 4.63. The van der Waals surface area contributed by atoms with E-state index >= 15 is 0 Å². The second-order valence-electron chi connectivity index (χ2n) is 6.43. The van der Waals surface area contributed by atoms with Gasteiger partial charge in [-0.1, -0.05) is 42.5 Å². The topological polar surface area (TPSA) is 37.1 Å². The molecule has 0 aromatic heterocycles. The number of para-hydroxylation sites is 2. The Kier molecular flexibility index (Phi) is 10.6. The summed E-state index contributed by atoms with van der Waals surface area (Å²) >= 11 is 0. The average Bonchev–Trinajstić information content (AvgIpc) is 3.02. The second kappa shape index (κ2) is 11.5. The fourth-order valence-corrected chi connectivity index (χ4v) is 2.92. The molecule has 0 N–H and O–H groups in total.